The van der Waals surface area contributed by atoms with Gasteiger partial charge in [0.05, 0.1) is 30.9 Å². The second kappa shape index (κ2) is 10.1. The summed E-state index contributed by atoms with van der Waals surface area (Å²) in [6, 6.07) is 19.1. The Balaban J connectivity index is 1.84. The highest BCUT2D eigenvalue weighted by atomic mass is 79.9. The fourth-order valence-electron chi connectivity index (χ4n) is 3.94. The lowest BCUT2D eigenvalue weighted by atomic mass is 9.95. The summed E-state index contributed by atoms with van der Waals surface area (Å²) in [5.41, 5.74) is 1.71. The lowest BCUT2D eigenvalue weighted by molar-refractivity contribution is -0.132. The van der Waals surface area contributed by atoms with Crippen LogP contribution in [0.25, 0.3) is 5.76 Å². The SMILES string of the molecule is CCOC(=O)c1ccc(N2C(=O)C(=O)/C(=C(/O)c3ccc(OC)cc3)C2c2ccc(Br)cc2)cc1. The van der Waals surface area contributed by atoms with Gasteiger partial charge in [-0.25, -0.2) is 4.79 Å². The molecule has 0 aliphatic carbocycles. The molecule has 7 nitrogen and oxygen atoms in total. The standard InChI is InChI=1S/C27H22BrNO6/c1-3-35-27(33)18-6-12-20(13-7-18)29-23(16-4-10-19(28)11-5-16)22(25(31)26(29)32)24(30)17-8-14-21(34-2)15-9-17/h4-15,23,30H,3H2,1-2H3/b24-22+. The van der Waals surface area contributed by atoms with Crippen LogP contribution in [0, 0.1) is 0 Å². The molecule has 0 radical (unpaired) electrons. The van der Waals surface area contributed by atoms with Gasteiger partial charge in [0.2, 0.25) is 0 Å². The smallest absolute Gasteiger partial charge is 0.338 e. The minimum Gasteiger partial charge on any atom is -0.507 e. The second-order valence-electron chi connectivity index (χ2n) is 7.72. The highest BCUT2D eigenvalue weighted by Gasteiger charge is 2.47. The fraction of sp³-hybridized carbons (Fsp3) is 0.148. The molecule has 0 saturated carbocycles. The van der Waals surface area contributed by atoms with Gasteiger partial charge in [0.25, 0.3) is 11.7 Å². The Morgan fingerprint density at radius 3 is 2.11 bits per heavy atom. The first-order valence-corrected chi connectivity index (χ1v) is 11.6. The maximum absolute atomic E-state index is 13.2. The number of hydrogen-bond acceptors (Lipinski definition) is 6. The number of ether oxygens (including phenoxy) is 2. The van der Waals surface area contributed by atoms with Gasteiger partial charge in [0.1, 0.15) is 11.5 Å². The minimum absolute atomic E-state index is 0.0306. The van der Waals surface area contributed by atoms with Crippen LogP contribution in [0.15, 0.2) is 82.8 Å². The summed E-state index contributed by atoms with van der Waals surface area (Å²) in [6.45, 7) is 1.96. The van der Waals surface area contributed by atoms with E-state index in [-0.39, 0.29) is 17.9 Å². The summed E-state index contributed by atoms with van der Waals surface area (Å²) >= 11 is 3.40. The van der Waals surface area contributed by atoms with Crippen LogP contribution in [0.5, 0.6) is 5.75 Å². The molecule has 8 heteroatoms. The first-order chi connectivity index (χ1) is 16.8. The number of hydrogen-bond donors (Lipinski definition) is 1. The largest absolute Gasteiger partial charge is 0.507 e. The fourth-order valence-corrected chi connectivity index (χ4v) is 4.20. The average molecular weight is 536 g/mol. The number of benzene rings is 3. The minimum atomic E-state index is -0.876. The molecule has 1 amide bonds. The molecule has 178 valence electrons. The van der Waals surface area contributed by atoms with Crippen molar-refractivity contribution in [3.8, 4) is 5.75 Å². The summed E-state index contributed by atoms with van der Waals surface area (Å²) in [7, 11) is 1.53. The van der Waals surface area contributed by atoms with Crippen molar-refractivity contribution in [1.82, 2.24) is 0 Å². The van der Waals surface area contributed by atoms with E-state index in [0.717, 1.165) is 4.47 Å². The molecule has 1 N–H and O–H groups in total. The molecule has 4 rings (SSSR count). The van der Waals surface area contributed by atoms with Crippen molar-refractivity contribution in [1.29, 1.82) is 0 Å². The third-order valence-corrected chi connectivity index (χ3v) is 6.18. The van der Waals surface area contributed by atoms with Crippen molar-refractivity contribution in [2.75, 3.05) is 18.6 Å². The molecule has 0 spiro atoms. The van der Waals surface area contributed by atoms with Gasteiger partial charge in [0, 0.05) is 15.7 Å². The van der Waals surface area contributed by atoms with Crippen LogP contribution in [-0.2, 0) is 14.3 Å². The number of rotatable bonds is 6. The van der Waals surface area contributed by atoms with Crippen LogP contribution >= 0.6 is 15.9 Å². The van der Waals surface area contributed by atoms with Crippen LogP contribution in [0.1, 0.15) is 34.5 Å². The molecule has 3 aromatic rings. The quantitative estimate of drug-likeness (QED) is 0.200. The van der Waals surface area contributed by atoms with Crippen molar-refractivity contribution < 1.29 is 29.0 Å². The third kappa shape index (κ3) is 4.70. The second-order valence-corrected chi connectivity index (χ2v) is 8.63. The highest BCUT2D eigenvalue weighted by molar-refractivity contribution is 9.10. The first kappa shape index (κ1) is 24.2. The lowest BCUT2D eigenvalue weighted by Crippen LogP contribution is -2.29. The zero-order valence-electron chi connectivity index (χ0n) is 19.0. The summed E-state index contributed by atoms with van der Waals surface area (Å²) < 4.78 is 11.0. The van der Waals surface area contributed by atoms with E-state index in [1.165, 1.54) is 24.1 Å². The predicted molar refractivity (Wildman–Crippen MR) is 134 cm³/mol. The number of esters is 1. The number of ketones is 1. The van der Waals surface area contributed by atoms with Gasteiger partial charge in [0.15, 0.2) is 0 Å². The Kier molecular flexibility index (Phi) is 7.02. The Bertz CT molecular complexity index is 1300. The Labute approximate surface area is 210 Å². The van der Waals surface area contributed by atoms with Crippen LogP contribution in [0.2, 0.25) is 0 Å². The van der Waals surface area contributed by atoms with Crippen LogP contribution < -0.4 is 9.64 Å². The molecule has 1 unspecified atom stereocenters. The van der Waals surface area contributed by atoms with Gasteiger partial charge in [-0.3, -0.25) is 14.5 Å². The van der Waals surface area contributed by atoms with E-state index in [9.17, 15) is 19.5 Å². The average Bonchev–Trinajstić information content (AvgIpc) is 3.14. The van der Waals surface area contributed by atoms with E-state index < -0.39 is 23.7 Å². The Morgan fingerprint density at radius 2 is 1.54 bits per heavy atom. The zero-order valence-corrected chi connectivity index (χ0v) is 20.6. The number of aliphatic hydroxyl groups is 1. The highest BCUT2D eigenvalue weighted by Crippen LogP contribution is 2.42. The van der Waals surface area contributed by atoms with Gasteiger partial charge in [-0.2, -0.15) is 0 Å². The number of anilines is 1. The monoisotopic (exact) mass is 535 g/mol. The van der Waals surface area contributed by atoms with Crippen LogP contribution in [0.4, 0.5) is 5.69 Å². The predicted octanol–water partition coefficient (Wildman–Crippen LogP) is 5.26. The van der Waals surface area contributed by atoms with Gasteiger partial charge >= 0.3 is 5.97 Å². The van der Waals surface area contributed by atoms with Gasteiger partial charge in [-0.1, -0.05) is 28.1 Å². The van der Waals surface area contributed by atoms with E-state index in [1.54, 1.807) is 67.6 Å². The number of Topliss-reactive ketones (excluding diaryl/α,β-unsaturated/α-hetero) is 1. The van der Waals surface area contributed by atoms with Crippen molar-refractivity contribution >= 4 is 45.0 Å². The number of nitrogens with zero attached hydrogens (tertiary/aromatic N) is 1. The number of carbonyl (C=O) groups is 3. The molecular formula is C27H22BrNO6. The van der Waals surface area contributed by atoms with Crippen molar-refractivity contribution in [3.63, 3.8) is 0 Å². The van der Waals surface area contributed by atoms with Crippen molar-refractivity contribution in [3.05, 3.63) is 99.5 Å². The molecule has 1 saturated heterocycles. The summed E-state index contributed by atoms with van der Waals surface area (Å²) in [5.74, 6) is -1.76. The van der Waals surface area contributed by atoms with E-state index in [2.05, 4.69) is 15.9 Å². The van der Waals surface area contributed by atoms with E-state index in [0.29, 0.717) is 28.1 Å². The molecule has 1 aliphatic rings. The van der Waals surface area contributed by atoms with Gasteiger partial charge < -0.3 is 14.6 Å². The maximum Gasteiger partial charge on any atom is 0.338 e. The summed E-state index contributed by atoms with van der Waals surface area (Å²) in [6.07, 6.45) is 0. The molecule has 3 aromatic carbocycles. The number of amides is 1. The molecule has 0 aromatic heterocycles. The Morgan fingerprint density at radius 1 is 0.943 bits per heavy atom. The normalized spacial score (nSPS) is 16.9. The van der Waals surface area contributed by atoms with E-state index in [1.807, 2.05) is 0 Å². The number of aliphatic hydroxyl groups excluding tert-OH is 1. The molecule has 1 heterocycles. The van der Waals surface area contributed by atoms with E-state index in [4.69, 9.17) is 9.47 Å². The topological polar surface area (TPSA) is 93.1 Å². The van der Waals surface area contributed by atoms with Gasteiger partial charge in [-0.05, 0) is 73.2 Å². The van der Waals surface area contributed by atoms with Crippen LogP contribution in [-0.4, -0.2) is 36.5 Å². The lowest BCUT2D eigenvalue weighted by Gasteiger charge is -2.25. The third-order valence-electron chi connectivity index (χ3n) is 5.65. The van der Waals surface area contributed by atoms with E-state index >= 15 is 0 Å². The zero-order chi connectivity index (χ0) is 25.1. The van der Waals surface area contributed by atoms with Crippen molar-refractivity contribution in [2.24, 2.45) is 0 Å². The molecule has 0 bridgehead atoms. The summed E-state index contributed by atoms with van der Waals surface area (Å²) in [4.78, 5) is 39.8. The number of carbonyl (C=O) groups excluding carboxylic acids is 3. The number of halogens is 1. The first-order valence-electron chi connectivity index (χ1n) is 10.8. The number of methoxy groups -OCH3 is 1. The molecular weight excluding hydrogens is 514 g/mol. The molecule has 1 atom stereocenters. The maximum atomic E-state index is 13.2. The van der Waals surface area contributed by atoms with Crippen molar-refractivity contribution in [2.45, 2.75) is 13.0 Å². The Hall–Kier alpha value is -3.91. The molecule has 35 heavy (non-hydrogen) atoms. The van der Waals surface area contributed by atoms with Crippen LogP contribution in [0.3, 0.4) is 0 Å². The molecule has 1 fully saturated rings. The summed E-state index contributed by atoms with van der Waals surface area (Å²) in [5, 5.41) is 11.2. The molecule has 1 aliphatic heterocycles. The van der Waals surface area contributed by atoms with Gasteiger partial charge in [-0.15, -0.1) is 0 Å².